The summed E-state index contributed by atoms with van der Waals surface area (Å²) in [5.41, 5.74) is 12.1. The van der Waals surface area contributed by atoms with Crippen LogP contribution in [0.1, 0.15) is 25.0 Å². The molecule has 0 amide bonds. The summed E-state index contributed by atoms with van der Waals surface area (Å²) in [6.45, 7) is 4.70. The third kappa shape index (κ3) is 4.45. The lowest BCUT2D eigenvalue weighted by Gasteiger charge is -2.24. The van der Waals surface area contributed by atoms with E-state index in [1.807, 2.05) is 23.5 Å². The van der Waals surface area contributed by atoms with E-state index in [4.69, 9.17) is 14.4 Å². The lowest BCUT2D eigenvalue weighted by Crippen LogP contribution is -2.16. The smallest absolute Gasteiger partial charge is 0.233 e. The van der Waals surface area contributed by atoms with Crippen LogP contribution in [0.5, 0.6) is 0 Å². The number of hydrogen-bond donors (Lipinski definition) is 0. The maximum Gasteiger partial charge on any atom is 0.233 e. The molecular formula is C57H35N3OS. The molecule has 5 heteroatoms. The Hall–Kier alpha value is -7.60. The van der Waals surface area contributed by atoms with Crippen molar-refractivity contribution in [3.8, 4) is 39.5 Å². The van der Waals surface area contributed by atoms with E-state index in [2.05, 4.69) is 182 Å². The number of benzene rings is 9. The zero-order valence-corrected chi connectivity index (χ0v) is 34.7. The fraction of sp³-hybridized carbons (Fsp3) is 0.0526. The van der Waals surface area contributed by atoms with Gasteiger partial charge in [0.25, 0.3) is 0 Å². The molecule has 290 valence electrons. The van der Waals surface area contributed by atoms with Gasteiger partial charge in [0.2, 0.25) is 5.71 Å². The zero-order valence-electron chi connectivity index (χ0n) is 33.9. The first-order valence-corrected chi connectivity index (χ1v) is 22.1. The van der Waals surface area contributed by atoms with E-state index in [0.717, 1.165) is 44.3 Å². The van der Waals surface area contributed by atoms with Crippen molar-refractivity contribution in [3.05, 3.63) is 187 Å². The van der Waals surface area contributed by atoms with Gasteiger partial charge >= 0.3 is 0 Å². The van der Waals surface area contributed by atoms with Crippen LogP contribution in [-0.4, -0.2) is 14.5 Å². The van der Waals surface area contributed by atoms with Gasteiger partial charge in [-0.1, -0.05) is 166 Å². The summed E-state index contributed by atoms with van der Waals surface area (Å²) in [4.78, 5) is 11.0. The molecule has 4 heterocycles. The minimum Gasteiger partial charge on any atom is -0.437 e. The Morgan fingerprint density at radius 3 is 2.11 bits per heavy atom. The molecule has 0 saturated carbocycles. The highest BCUT2D eigenvalue weighted by Crippen LogP contribution is 2.53. The average molecular weight is 810 g/mol. The van der Waals surface area contributed by atoms with E-state index in [-0.39, 0.29) is 5.41 Å². The highest BCUT2D eigenvalue weighted by atomic mass is 32.1. The Morgan fingerprint density at radius 1 is 0.516 bits per heavy atom. The third-order valence-corrected chi connectivity index (χ3v) is 14.8. The molecule has 0 saturated heterocycles. The molecule has 0 aliphatic heterocycles. The molecular weight excluding hydrogens is 775 g/mol. The Labute approximate surface area is 359 Å². The van der Waals surface area contributed by atoms with E-state index < -0.39 is 0 Å². The Kier molecular flexibility index (Phi) is 6.75. The highest BCUT2D eigenvalue weighted by molar-refractivity contribution is 7.27. The highest BCUT2D eigenvalue weighted by Gasteiger charge is 2.37. The maximum atomic E-state index is 6.74. The molecule has 13 aromatic rings. The van der Waals surface area contributed by atoms with Crippen LogP contribution in [0, 0.1) is 0 Å². The number of hydrogen-bond acceptors (Lipinski definition) is 4. The first kappa shape index (κ1) is 34.1. The largest absolute Gasteiger partial charge is 0.437 e. The van der Waals surface area contributed by atoms with Crippen LogP contribution in [0.15, 0.2) is 180 Å². The number of nitrogens with zero attached hydrogens (tertiary/aromatic N) is 3. The summed E-state index contributed by atoms with van der Waals surface area (Å²) in [5.74, 6) is 1.42. The molecule has 62 heavy (non-hydrogen) atoms. The minimum absolute atomic E-state index is 0.155. The van der Waals surface area contributed by atoms with Crippen molar-refractivity contribution in [1.29, 1.82) is 0 Å². The SMILES string of the molecule is CC1(C)c2ccccc2-c2cccc(-c3cccc(-c4nc(-n5c6ccc7ccccc7c6c6c7ccccc7c7sc8ccccc8c7c65)c5c(n4)oc4ccccc45)c3)c21. The second-order valence-electron chi connectivity index (χ2n) is 17.2. The van der Waals surface area contributed by atoms with Crippen LogP contribution >= 0.6 is 11.3 Å². The van der Waals surface area contributed by atoms with Gasteiger partial charge in [0, 0.05) is 52.7 Å². The van der Waals surface area contributed by atoms with Crippen LogP contribution < -0.4 is 0 Å². The van der Waals surface area contributed by atoms with Crippen molar-refractivity contribution in [1.82, 2.24) is 14.5 Å². The number of rotatable bonds is 3. The lowest BCUT2D eigenvalue weighted by molar-refractivity contribution is 0.653. The second kappa shape index (κ2) is 12.3. The number of para-hydroxylation sites is 1. The van der Waals surface area contributed by atoms with Crippen molar-refractivity contribution in [3.63, 3.8) is 0 Å². The summed E-state index contributed by atoms with van der Waals surface area (Å²) in [6, 6.07) is 63.7. The van der Waals surface area contributed by atoms with Gasteiger partial charge in [-0.25, -0.2) is 4.98 Å². The van der Waals surface area contributed by atoms with E-state index in [1.165, 1.54) is 80.3 Å². The van der Waals surface area contributed by atoms with Gasteiger partial charge < -0.3 is 4.42 Å². The van der Waals surface area contributed by atoms with E-state index in [1.54, 1.807) is 0 Å². The fourth-order valence-corrected chi connectivity index (χ4v) is 12.2. The monoisotopic (exact) mass is 809 g/mol. The molecule has 1 aliphatic carbocycles. The van der Waals surface area contributed by atoms with Crippen molar-refractivity contribution in [2.24, 2.45) is 0 Å². The third-order valence-electron chi connectivity index (χ3n) is 13.6. The standard InChI is InChI=1S/C57H35N3OS/c1-57(2)43-26-10-7-19-37(43)39-25-14-24-36(51(39)57)33-16-13-17-34(31-33)54-58-55(50-41-22-8-11-27-45(41)61-56(50)59-54)60-44-30-29-32-15-3-4-18-35(32)47(44)48-38-20-5-6-21-40(38)53-49(52(48)60)42-23-9-12-28-46(42)62-53/h3-31H,1-2H3. The molecule has 4 aromatic heterocycles. The van der Waals surface area contributed by atoms with Crippen molar-refractivity contribution in [2.45, 2.75) is 19.3 Å². The van der Waals surface area contributed by atoms with E-state index >= 15 is 0 Å². The van der Waals surface area contributed by atoms with Crippen LogP contribution in [-0.2, 0) is 5.41 Å². The van der Waals surface area contributed by atoms with Gasteiger partial charge in [-0.3, -0.25) is 4.57 Å². The second-order valence-corrected chi connectivity index (χ2v) is 18.3. The zero-order chi connectivity index (χ0) is 40.8. The summed E-state index contributed by atoms with van der Waals surface area (Å²) in [5, 5.41) is 11.7. The normalized spacial score (nSPS) is 13.5. The van der Waals surface area contributed by atoms with Crippen molar-refractivity contribution in [2.75, 3.05) is 0 Å². The van der Waals surface area contributed by atoms with Gasteiger partial charge in [0.05, 0.1) is 16.4 Å². The maximum absolute atomic E-state index is 6.74. The summed E-state index contributed by atoms with van der Waals surface area (Å²) in [6.07, 6.45) is 0. The Bertz CT molecular complexity index is 4090. The molecule has 0 fully saturated rings. The first-order chi connectivity index (χ1) is 30.5. The predicted molar refractivity (Wildman–Crippen MR) is 260 cm³/mol. The summed E-state index contributed by atoms with van der Waals surface area (Å²) < 4.78 is 11.7. The van der Waals surface area contributed by atoms with Crippen molar-refractivity contribution < 1.29 is 4.42 Å². The van der Waals surface area contributed by atoms with Gasteiger partial charge in [0.15, 0.2) is 11.6 Å². The number of furan rings is 1. The number of fused-ring (bicyclic) bond motifs is 18. The van der Waals surface area contributed by atoms with Crippen LogP contribution in [0.4, 0.5) is 0 Å². The predicted octanol–water partition coefficient (Wildman–Crippen LogP) is 15.8. The van der Waals surface area contributed by atoms with E-state index in [0.29, 0.717) is 11.5 Å². The molecule has 0 unspecified atom stereocenters. The van der Waals surface area contributed by atoms with Gasteiger partial charge in [-0.05, 0) is 73.8 Å². The molecule has 0 atom stereocenters. The minimum atomic E-state index is -0.155. The number of thiophene rings is 1. The number of aromatic nitrogens is 3. The molecule has 0 spiro atoms. The van der Waals surface area contributed by atoms with E-state index in [9.17, 15) is 0 Å². The van der Waals surface area contributed by atoms with Crippen LogP contribution in [0.25, 0.3) is 125 Å². The topological polar surface area (TPSA) is 43.9 Å². The van der Waals surface area contributed by atoms with Crippen LogP contribution in [0.2, 0.25) is 0 Å². The molecule has 4 nitrogen and oxygen atoms in total. The Morgan fingerprint density at radius 2 is 1.21 bits per heavy atom. The summed E-state index contributed by atoms with van der Waals surface area (Å²) in [7, 11) is 0. The molecule has 1 aliphatic rings. The molecule has 14 rings (SSSR count). The van der Waals surface area contributed by atoms with Gasteiger partial charge in [-0.2, -0.15) is 4.98 Å². The first-order valence-electron chi connectivity index (χ1n) is 21.2. The van der Waals surface area contributed by atoms with Gasteiger partial charge in [0.1, 0.15) is 5.58 Å². The molecule has 0 N–H and O–H groups in total. The quantitative estimate of drug-likeness (QED) is 0.179. The average Bonchev–Trinajstić information content (AvgIpc) is 4.06. The fourth-order valence-electron chi connectivity index (χ4n) is 11.0. The molecule has 9 aromatic carbocycles. The van der Waals surface area contributed by atoms with Gasteiger partial charge in [-0.15, -0.1) is 11.3 Å². The van der Waals surface area contributed by atoms with Crippen LogP contribution in [0.3, 0.4) is 0 Å². The molecule has 0 radical (unpaired) electrons. The Balaban J connectivity index is 1.12. The summed E-state index contributed by atoms with van der Waals surface area (Å²) >= 11 is 1.87. The lowest BCUT2D eigenvalue weighted by atomic mass is 9.79. The van der Waals surface area contributed by atoms with Crippen molar-refractivity contribution >= 4 is 96.9 Å². The molecule has 0 bridgehead atoms.